The summed E-state index contributed by atoms with van der Waals surface area (Å²) in [6, 6.07) is 12.6. The quantitative estimate of drug-likeness (QED) is 0.605. The molecule has 0 bridgehead atoms. The summed E-state index contributed by atoms with van der Waals surface area (Å²) in [7, 11) is 0. The van der Waals surface area contributed by atoms with Gasteiger partial charge in [-0.15, -0.1) is 11.3 Å². The Morgan fingerprint density at radius 2 is 1.72 bits per heavy atom. The van der Waals surface area contributed by atoms with Crippen LogP contribution in [0.25, 0.3) is 10.6 Å². The summed E-state index contributed by atoms with van der Waals surface area (Å²) in [4.78, 5) is 4.47. The average molecular weight is 383 g/mol. The Labute approximate surface area is 152 Å². The average Bonchev–Trinajstić information content (AvgIpc) is 3.05. The molecule has 0 radical (unpaired) electrons. The minimum absolute atomic E-state index is 0.558. The molecule has 0 aliphatic rings. The molecule has 0 saturated carbocycles. The largest absolute Gasteiger partial charge is 0.416 e. The van der Waals surface area contributed by atoms with Crippen molar-refractivity contribution >= 4 is 22.9 Å². The number of alkyl halides is 3. The van der Waals surface area contributed by atoms with Crippen molar-refractivity contribution in [1.82, 2.24) is 10.3 Å². The SMILES string of the molecule is FC(F)(F)c1ccc(-c2nc(CNCc3ccccc3Cl)cs2)cc1. The number of hydrogen-bond donors (Lipinski definition) is 1. The molecular weight excluding hydrogens is 369 g/mol. The predicted octanol–water partition coefficient (Wildman–Crippen LogP) is 5.77. The van der Waals surface area contributed by atoms with Crippen molar-refractivity contribution in [1.29, 1.82) is 0 Å². The predicted molar refractivity (Wildman–Crippen MR) is 94.5 cm³/mol. The smallest absolute Gasteiger partial charge is 0.307 e. The number of aromatic nitrogens is 1. The molecule has 0 atom stereocenters. The zero-order valence-corrected chi connectivity index (χ0v) is 14.6. The molecule has 0 aliphatic heterocycles. The molecule has 2 aromatic carbocycles. The van der Waals surface area contributed by atoms with Crippen LogP contribution < -0.4 is 5.32 Å². The second kappa shape index (κ2) is 7.56. The Kier molecular flexibility index (Phi) is 5.42. The van der Waals surface area contributed by atoms with E-state index in [1.54, 1.807) is 0 Å². The molecule has 2 nitrogen and oxygen atoms in total. The molecule has 0 amide bonds. The number of halogens is 4. The van der Waals surface area contributed by atoms with E-state index in [1.165, 1.54) is 23.5 Å². The molecule has 7 heteroatoms. The maximum absolute atomic E-state index is 12.6. The van der Waals surface area contributed by atoms with E-state index >= 15 is 0 Å². The van der Waals surface area contributed by atoms with Crippen LogP contribution in [0, 0.1) is 0 Å². The Balaban J connectivity index is 1.61. The van der Waals surface area contributed by atoms with Crippen LogP contribution in [0.15, 0.2) is 53.9 Å². The van der Waals surface area contributed by atoms with Crippen molar-refractivity contribution in [3.8, 4) is 10.6 Å². The standard InChI is InChI=1S/C18H14ClF3N2S/c19-16-4-2-1-3-13(16)9-23-10-15-11-25-17(24-15)12-5-7-14(8-6-12)18(20,21)22/h1-8,11,23H,9-10H2. The summed E-state index contributed by atoms with van der Waals surface area (Å²) in [6.45, 7) is 1.18. The highest BCUT2D eigenvalue weighted by molar-refractivity contribution is 7.13. The summed E-state index contributed by atoms with van der Waals surface area (Å²) >= 11 is 7.51. The lowest BCUT2D eigenvalue weighted by molar-refractivity contribution is -0.137. The van der Waals surface area contributed by atoms with Gasteiger partial charge in [-0.05, 0) is 23.8 Å². The molecule has 0 spiro atoms. The van der Waals surface area contributed by atoms with Gasteiger partial charge < -0.3 is 5.32 Å². The highest BCUT2D eigenvalue weighted by Gasteiger charge is 2.30. The van der Waals surface area contributed by atoms with Crippen molar-refractivity contribution in [2.75, 3.05) is 0 Å². The summed E-state index contributed by atoms with van der Waals surface area (Å²) in [6.07, 6.45) is -4.32. The normalized spacial score (nSPS) is 11.7. The van der Waals surface area contributed by atoms with Crippen molar-refractivity contribution in [3.63, 3.8) is 0 Å². The molecule has 0 saturated heterocycles. The minimum Gasteiger partial charge on any atom is -0.307 e. The van der Waals surface area contributed by atoms with Gasteiger partial charge in [-0.2, -0.15) is 13.2 Å². The lowest BCUT2D eigenvalue weighted by Crippen LogP contribution is -2.13. The van der Waals surface area contributed by atoms with E-state index in [0.29, 0.717) is 28.7 Å². The summed E-state index contributed by atoms with van der Waals surface area (Å²) in [5.74, 6) is 0. The maximum atomic E-state index is 12.6. The van der Waals surface area contributed by atoms with E-state index in [4.69, 9.17) is 11.6 Å². The zero-order chi connectivity index (χ0) is 17.9. The molecule has 0 unspecified atom stereocenters. The van der Waals surface area contributed by atoms with Gasteiger partial charge in [0.25, 0.3) is 0 Å². The van der Waals surface area contributed by atoms with Crippen LogP contribution in [0.2, 0.25) is 5.02 Å². The molecule has 25 heavy (non-hydrogen) atoms. The van der Waals surface area contributed by atoms with Gasteiger partial charge in [0, 0.05) is 29.1 Å². The molecule has 1 N–H and O–H groups in total. The molecule has 130 valence electrons. The third kappa shape index (κ3) is 4.60. The fourth-order valence-electron chi connectivity index (χ4n) is 2.29. The summed E-state index contributed by atoms with van der Waals surface area (Å²) < 4.78 is 37.8. The van der Waals surface area contributed by atoms with Gasteiger partial charge in [0.05, 0.1) is 11.3 Å². The number of rotatable bonds is 5. The van der Waals surface area contributed by atoms with Crippen molar-refractivity contribution in [2.24, 2.45) is 0 Å². The molecule has 3 aromatic rings. The fourth-order valence-corrected chi connectivity index (χ4v) is 3.32. The molecule has 3 rings (SSSR count). The Morgan fingerprint density at radius 1 is 1.00 bits per heavy atom. The second-order valence-corrected chi connectivity index (χ2v) is 6.68. The van der Waals surface area contributed by atoms with E-state index in [2.05, 4.69) is 10.3 Å². The first-order valence-electron chi connectivity index (χ1n) is 7.49. The van der Waals surface area contributed by atoms with Crippen molar-refractivity contribution in [3.05, 3.63) is 75.8 Å². The van der Waals surface area contributed by atoms with E-state index in [1.807, 2.05) is 29.6 Å². The van der Waals surface area contributed by atoms with Crippen LogP contribution in [0.3, 0.4) is 0 Å². The topological polar surface area (TPSA) is 24.9 Å². The van der Waals surface area contributed by atoms with Crippen molar-refractivity contribution in [2.45, 2.75) is 19.3 Å². The number of hydrogen-bond acceptors (Lipinski definition) is 3. The molecule has 0 aliphatic carbocycles. The highest BCUT2D eigenvalue weighted by Crippen LogP contribution is 2.31. The van der Waals surface area contributed by atoms with Gasteiger partial charge in [-0.25, -0.2) is 4.98 Å². The molecule has 1 heterocycles. The number of benzene rings is 2. The van der Waals surface area contributed by atoms with E-state index in [0.717, 1.165) is 23.4 Å². The fraction of sp³-hybridized carbons (Fsp3) is 0.167. The first-order chi connectivity index (χ1) is 11.9. The monoisotopic (exact) mass is 382 g/mol. The van der Waals surface area contributed by atoms with Crippen molar-refractivity contribution < 1.29 is 13.2 Å². The van der Waals surface area contributed by atoms with Crippen LogP contribution in [0.5, 0.6) is 0 Å². The van der Waals surface area contributed by atoms with Gasteiger partial charge in [-0.3, -0.25) is 0 Å². The first-order valence-corrected chi connectivity index (χ1v) is 8.75. The maximum Gasteiger partial charge on any atom is 0.416 e. The van der Waals surface area contributed by atoms with Crippen LogP contribution in [-0.2, 0) is 19.3 Å². The molecule has 0 fully saturated rings. The second-order valence-electron chi connectivity index (χ2n) is 5.41. The van der Waals surface area contributed by atoms with Crippen LogP contribution >= 0.6 is 22.9 Å². The first kappa shape index (κ1) is 17.9. The van der Waals surface area contributed by atoms with Crippen LogP contribution in [0.1, 0.15) is 16.8 Å². The minimum atomic E-state index is -4.32. The number of nitrogens with zero attached hydrogens (tertiary/aromatic N) is 1. The van der Waals surface area contributed by atoms with Crippen LogP contribution in [0.4, 0.5) is 13.2 Å². The van der Waals surface area contributed by atoms with Gasteiger partial charge in [0.2, 0.25) is 0 Å². The Hall–Kier alpha value is -1.89. The van der Waals surface area contributed by atoms with Gasteiger partial charge in [0.1, 0.15) is 5.01 Å². The summed E-state index contributed by atoms with van der Waals surface area (Å²) in [5.41, 5.74) is 1.86. The van der Waals surface area contributed by atoms with E-state index in [-0.39, 0.29) is 0 Å². The van der Waals surface area contributed by atoms with E-state index in [9.17, 15) is 13.2 Å². The lowest BCUT2D eigenvalue weighted by Gasteiger charge is -2.06. The Morgan fingerprint density at radius 3 is 2.40 bits per heavy atom. The molecule has 1 aromatic heterocycles. The number of thiazole rings is 1. The molecular formula is C18H14ClF3N2S. The van der Waals surface area contributed by atoms with Gasteiger partial charge in [0.15, 0.2) is 0 Å². The van der Waals surface area contributed by atoms with Gasteiger partial charge >= 0.3 is 6.18 Å². The van der Waals surface area contributed by atoms with E-state index < -0.39 is 11.7 Å². The third-order valence-electron chi connectivity index (χ3n) is 3.59. The highest BCUT2D eigenvalue weighted by atomic mass is 35.5. The van der Waals surface area contributed by atoms with Gasteiger partial charge in [-0.1, -0.05) is 41.9 Å². The summed E-state index contributed by atoms with van der Waals surface area (Å²) in [5, 5.41) is 6.56. The zero-order valence-electron chi connectivity index (χ0n) is 13.0. The lowest BCUT2D eigenvalue weighted by atomic mass is 10.1. The van der Waals surface area contributed by atoms with Crippen LogP contribution in [-0.4, -0.2) is 4.98 Å². The third-order valence-corrected chi connectivity index (χ3v) is 4.90. The Bertz CT molecular complexity index is 844. The number of nitrogens with one attached hydrogen (secondary N) is 1.